The number of alkyl halides is 1. The SMILES string of the molecule is CC12CC(CCF)C3C4CCC(OCCO)CC4CCC3C1CCC2O. The first kappa shape index (κ1) is 19.1. The van der Waals surface area contributed by atoms with Gasteiger partial charge in [0.15, 0.2) is 0 Å². The van der Waals surface area contributed by atoms with Crippen LogP contribution in [0.1, 0.15) is 64.7 Å². The number of aliphatic hydroxyl groups excluding tert-OH is 2. The Morgan fingerprint density at radius 1 is 1.08 bits per heavy atom. The van der Waals surface area contributed by atoms with Gasteiger partial charge in [0, 0.05) is 0 Å². The lowest BCUT2D eigenvalue weighted by Crippen LogP contribution is -2.53. The highest BCUT2D eigenvalue weighted by atomic mass is 19.1. The Bertz CT molecular complexity index is 486. The number of ether oxygens (including phenoxy) is 1. The van der Waals surface area contributed by atoms with Crippen molar-refractivity contribution < 1.29 is 19.3 Å². The predicted octanol–water partition coefficient (Wildman–Crippen LogP) is 3.96. The lowest BCUT2D eigenvalue weighted by Gasteiger charge is -2.59. The Morgan fingerprint density at radius 3 is 2.65 bits per heavy atom. The van der Waals surface area contributed by atoms with E-state index in [-0.39, 0.29) is 24.8 Å². The second-order valence-electron chi connectivity index (χ2n) is 9.92. The Morgan fingerprint density at radius 2 is 1.88 bits per heavy atom. The van der Waals surface area contributed by atoms with E-state index in [0.29, 0.717) is 48.7 Å². The zero-order valence-corrected chi connectivity index (χ0v) is 16.3. The van der Waals surface area contributed by atoms with E-state index in [1.54, 1.807) is 0 Å². The molecule has 4 aliphatic carbocycles. The van der Waals surface area contributed by atoms with Crippen LogP contribution in [0.5, 0.6) is 0 Å². The topological polar surface area (TPSA) is 49.7 Å². The predicted molar refractivity (Wildman–Crippen MR) is 99.4 cm³/mol. The summed E-state index contributed by atoms with van der Waals surface area (Å²) in [6.45, 7) is 2.64. The highest BCUT2D eigenvalue weighted by molar-refractivity contribution is 5.08. The van der Waals surface area contributed by atoms with E-state index in [1.807, 2.05) is 0 Å². The van der Waals surface area contributed by atoms with Crippen molar-refractivity contribution >= 4 is 0 Å². The fourth-order valence-corrected chi connectivity index (χ4v) is 7.91. The molecule has 0 amide bonds. The van der Waals surface area contributed by atoms with Gasteiger partial charge < -0.3 is 14.9 Å². The van der Waals surface area contributed by atoms with Crippen LogP contribution < -0.4 is 0 Å². The van der Waals surface area contributed by atoms with Crippen molar-refractivity contribution in [3.05, 3.63) is 0 Å². The third kappa shape index (κ3) is 3.14. The molecule has 4 fully saturated rings. The minimum atomic E-state index is -0.218. The molecule has 0 aromatic rings. The Balaban J connectivity index is 1.53. The average Bonchev–Trinajstić information content (AvgIpc) is 2.94. The summed E-state index contributed by atoms with van der Waals surface area (Å²) in [4.78, 5) is 0. The number of hydrogen-bond donors (Lipinski definition) is 2. The minimum Gasteiger partial charge on any atom is -0.394 e. The molecule has 4 rings (SSSR count). The Kier molecular flexibility index (Phi) is 5.65. The smallest absolute Gasteiger partial charge is 0.0897 e. The molecule has 0 saturated heterocycles. The first-order chi connectivity index (χ1) is 12.6. The van der Waals surface area contributed by atoms with Gasteiger partial charge in [-0.1, -0.05) is 6.92 Å². The number of aliphatic hydroxyl groups is 2. The van der Waals surface area contributed by atoms with Gasteiger partial charge in [-0.05, 0) is 98.7 Å². The van der Waals surface area contributed by atoms with Crippen molar-refractivity contribution in [3.63, 3.8) is 0 Å². The van der Waals surface area contributed by atoms with Crippen LogP contribution in [0.15, 0.2) is 0 Å². The molecule has 0 aromatic heterocycles. The van der Waals surface area contributed by atoms with Crippen LogP contribution >= 0.6 is 0 Å². The second kappa shape index (κ2) is 7.67. The van der Waals surface area contributed by atoms with E-state index in [9.17, 15) is 9.50 Å². The van der Waals surface area contributed by atoms with Gasteiger partial charge in [0.25, 0.3) is 0 Å². The van der Waals surface area contributed by atoms with E-state index in [2.05, 4.69) is 6.92 Å². The van der Waals surface area contributed by atoms with Crippen molar-refractivity contribution in [2.24, 2.45) is 40.9 Å². The van der Waals surface area contributed by atoms with Gasteiger partial charge in [-0.2, -0.15) is 0 Å². The molecule has 0 bridgehead atoms. The standard InChI is InChI=1S/C22H37FO3/c1-22-13-15(8-9-23)21-17-5-3-16(26-11-10-24)12-14(17)2-4-18(21)19(22)6-7-20(22)25/h14-21,24-25H,2-13H2,1H3. The molecular formula is C22H37FO3. The zero-order valence-electron chi connectivity index (χ0n) is 16.3. The van der Waals surface area contributed by atoms with Crippen LogP contribution in [0.4, 0.5) is 4.39 Å². The normalized spacial score (nSPS) is 50.8. The number of hydrogen-bond acceptors (Lipinski definition) is 3. The highest BCUT2D eigenvalue weighted by Gasteiger charge is 2.59. The fraction of sp³-hybridized carbons (Fsp3) is 1.00. The third-order valence-electron chi connectivity index (χ3n) is 8.90. The van der Waals surface area contributed by atoms with Crippen LogP contribution in [0.3, 0.4) is 0 Å². The van der Waals surface area contributed by atoms with Crippen LogP contribution in [-0.4, -0.2) is 42.3 Å². The van der Waals surface area contributed by atoms with Crippen LogP contribution in [0.25, 0.3) is 0 Å². The van der Waals surface area contributed by atoms with E-state index in [4.69, 9.17) is 9.84 Å². The summed E-state index contributed by atoms with van der Waals surface area (Å²) in [6.07, 6.45) is 9.90. The zero-order chi connectivity index (χ0) is 18.3. The molecule has 2 N–H and O–H groups in total. The monoisotopic (exact) mass is 368 g/mol. The summed E-state index contributed by atoms with van der Waals surface area (Å²) in [5.74, 6) is 3.88. The summed E-state index contributed by atoms with van der Waals surface area (Å²) >= 11 is 0. The molecule has 4 saturated carbocycles. The maximum absolute atomic E-state index is 13.4. The number of rotatable bonds is 5. The maximum Gasteiger partial charge on any atom is 0.0897 e. The summed E-state index contributed by atoms with van der Waals surface area (Å²) in [6, 6.07) is 0. The second-order valence-corrected chi connectivity index (χ2v) is 9.92. The highest BCUT2D eigenvalue weighted by Crippen LogP contribution is 2.64. The van der Waals surface area contributed by atoms with Crippen LogP contribution in [0, 0.1) is 40.9 Å². The van der Waals surface area contributed by atoms with Gasteiger partial charge in [-0.3, -0.25) is 4.39 Å². The van der Waals surface area contributed by atoms with E-state index in [1.165, 1.54) is 25.7 Å². The first-order valence-corrected chi connectivity index (χ1v) is 11.0. The van der Waals surface area contributed by atoms with Crippen molar-refractivity contribution in [1.82, 2.24) is 0 Å². The molecule has 0 aromatic carbocycles. The van der Waals surface area contributed by atoms with Crippen molar-refractivity contribution in [2.75, 3.05) is 19.9 Å². The fourth-order valence-electron chi connectivity index (χ4n) is 7.91. The van der Waals surface area contributed by atoms with Crippen molar-refractivity contribution in [3.8, 4) is 0 Å². The minimum absolute atomic E-state index is 0.0231. The molecule has 9 atom stereocenters. The van der Waals surface area contributed by atoms with E-state index >= 15 is 0 Å². The summed E-state index contributed by atoms with van der Waals surface area (Å²) in [5, 5.41) is 19.7. The van der Waals surface area contributed by atoms with Gasteiger partial charge in [-0.15, -0.1) is 0 Å². The van der Waals surface area contributed by atoms with E-state index in [0.717, 1.165) is 31.6 Å². The molecule has 4 aliphatic rings. The average molecular weight is 369 g/mol. The summed E-state index contributed by atoms with van der Waals surface area (Å²) in [5.41, 5.74) is 0.0231. The molecule has 26 heavy (non-hydrogen) atoms. The van der Waals surface area contributed by atoms with Gasteiger partial charge in [0.2, 0.25) is 0 Å². The van der Waals surface area contributed by atoms with Gasteiger partial charge in [0.05, 0.1) is 32.1 Å². The largest absolute Gasteiger partial charge is 0.394 e. The first-order valence-electron chi connectivity index (χ1n) is 11.0. The summed E-state index contributed by atoms with van der Waals surface area (Å²) < 4.78 is 19.3. The number of halogens is 1. The molecule has 3 nitrogen and oxygen atoms in total. The molecular weight excluding hydrogens is 331 g/mol. The molecule has 0 aliphatic heterocycles. The molecule has 4 heteroatoms. The Labute approximate surface area is 157 Å². The molecule has 0 spiro atoms. The van der Waals surface area contributed by atoms with Crippen LogP contribution in [0.2, 0.25) is 0 Å². The molecule has 9 unspecified atom stereocenters. The Hall–Kier alpha value is -0.190. The van der Waals surface area contributed by atoms with Gasteiger partial charge in [0.1, 0.15) is 0 Å². The van der Waals surface area contributed by atoms with Gasteiger partial charge in [-0.25, -0.2) is 0 Å². The third-order valence-corrected chi connectivity index (χ3v) is 8.90. The van der Waals surface area contributed by atoms with Gasteiger partial charge >= 0.3 is 0 Å². The van der Waals surface area contributed by atoms with Crippen molar-refractivity contribution in [2.45, 2.75) is 76.9 Å². The summed E-state index contributed by atoms with van der Waals surface area (Å²) in [7, 11) is 0. The maximum atomic E-state index is 13.4. The number of fused-ring (bicyclic) bond motifs is 5. The molecule has 150 valence electrons. The quantitative estimate of drug-likeness (QED) is 0.772. The molecule has 0 heterocycles. The lowest BCUT2D eigenvalue weighted by molar-refractivity contribution is -0.129. The van der Waals surface area contributed by atoms with Crippen molar-refractivity contribution in [1.29, 1.82) is 0 Å². The van der Waals surface area contributed by atoms with Crippen LogP contribution in [-0.2, 0) is 4.74 Å². The molecule has 0 radical (unpaired) electrons. The lowest BCUT2D eigenvalue weighted by atomic mass is 9.47. The van der Waals surface area contributed by atoms with E-state index < -0.39 is 0 Å².